The Hall–Kier alpha value is -2.17. The number of cyclic esters (lactones) is 1. The number of nitrogens with zero attached hydrogens (tertiary/aromatic N) is 4. The van der Waals surface area contributed by atoms with Crippen LogP contribution in [-0.2, 0) is 9.47 Å². The van der Waals surface area contributed by atoms with E-state index in [1.54, 1.807) is 4.90 Å². The van der Waals surface area contributed by atoms with E-state index in [4.69, 9.17) is 14.5 Å². The van der Waals surface area contributed by atoms with Crippen molar-refractivity contribution >= 4 is 18.0 Å². The monoisotopic (exact) mass is 518 g/mol. The Kier molecular flexibility index (Phi) is 9.83. The highest BCUT2D eigenvalue weighted by molar-refractivity contribution is 5.99. The number of hydrogen-bond acceptors (Lipinski definition) is 8. The molecule has 2 N–H and O–H groups in total. The van der Waals surface area contributed by atoms with E-state index in [1.807, 2.05) is 11.8 Å². The van der Waals surface area contributed by atoms with Crippen LogP contribution in [0.2, 0.25) is 0 Å². The molecule has 4 rings (SSSR count). The number of amidine groups is 1. The van der Waals surface area contributed by atoms with E-state index in [9.17, 15) is 9.59 Å². The molecule has 0 aromatic carbocycles. The van der Waals surface area contributed by atoms with E-state index in [0.29, 0.717) is 37.6 Å². The summed E-state index contributed by atoms with van der Waals surface area (Å²) in [6.07, 6.45) is 5.96. The van der Waals surface area contributed by atoms with Crippen molar-refractivity contribution in [1.29, 1.82) is 0 Å². The molecule has 37 heavy (non-hydrogen) atoms. The van der Waals surface area contributed by atoms with Gasteiger partial charge >= 0.3 is 12.2 Å². The Morgan fingerprint density at radius 3 is 2.73 bits per heavy atom. The van der Waals surface area contributed by atoms with E-state index >= 15 is 0 Å². The van der Waals surface area contributed by atoms with Gasteiger partial charge in [0.1, 0.15) is 12.4 Å². The van der Waals surface area contributed by atoms with Crippen molar-refractivity contribution in [3.63, 3.8) is 0 Å². The van der Waals surface area contributed by atoms with E-state index in [1.165, 1.54) is 5.57 Å². The summed E-state index contributed by atoms with van der Waals surface area (Å²) >= 11 is 0. The summed E-state index contributed by atoms with van der Waals surface area (Å²) in [5.41, 5.74) is 1.51. The number of hydrogen-bond donors (Lipinski definition) is 2. The van der Waals surface area contributed by atoms with Gasteiger partial charge in [-0.05, 0) is 44.4 Å². The molecule has 3 unspecified atom stereocenters. The zero-order valence-electron chi connectivity index (χ0n) is 23.1. The van der Waals surface area contributed by atoms with Crippen molar-refractivity contribution < 1.29 is 19.1 Å². The van der Waals surface area contributed by atoms with Gasteiger partial charge in [0.2, 0.25) is 0 Å². The number of piperazine rings is 1. The van der Waals surface area contributed by atoms with Crippen molar-refractivity contribution in [2.45, 2.75) is 65.7 Å². The lowest BCUT2D eigenvalue weighted by molar-refractivity contribution is 0.0781. The maximum Gasteiger partial charge on any atom is 0.415 e. The van der Waals surface area contributed by atoms with Gasteiger partial charge in [0.05, 0.1) is 12.5 Å². The molecule has 0 saturated carbocycles. The van der Waals surface area contributed by atoms with Crippen LogP contribution in [0.4, 0.5) is 9.59 Å². The fraction of sp³-hybridized carbons (Fsp3) is 0.815. The van der Waals surface area contributed by atoms with Gasteiger partial charge in [0.25, 0.3) is 0 Å². The maximum atomic E-state index is 12.4. The van der Waals surface area contributed by atoms with Gasteiger partial charge in [-0.15, -0.1) is 0 Å². The SMILES string of the molecule is CCCOC(=O)N1CCN(CC2=CCC([C@H](C)NC3N=C4C(CN3)COC(=O)N4CC(C)C)CC2)CC1. The van der Waals surface area contributed by atoms with Crippen LogP contribution in [0.1, 0.15) is 53.4 Å². The summed E-state index contributed by atoms with van der Waals surface area (Å²) in [7, 11) is 0. The van der Waals surface area contributed by atoms with E-state index < -0.39 is 0 Å². The van der Waals surface area contributed by atoms with Gasteiger partial charge in [-0.1, -0.05) is 32.4 Å². The highest BCUT2D eigenvalue weighted by Crippen LogP contribution is 2.28. The molecular weight excluding hydrogens is 472 g/mol. The molecule has 2 amide bonds. The molecule has 208 valence electrons. The van der Waals surface area contributed by atoms with E-state index in [-0.39, 0.29) is 24.4 Å². The summed E-state index contributed by atoms with van der Waals surface area (Å²) < 4.78 is 10.7. The average molecular weight is 519 g/mol. The summed E-state index contributed by atoms with van der Waals surface area (Å²) in [5, 5.41) is 7.16. The van der Waals surface area contributed by atoms with Gasteiger partial charge in [-0.25, -0.2) is 14.6 Å². The van der Waals surface area contributed by atoms with Crippen molar-refractivity contribution in [3.8, 4) is 0 Å². The number of aliphatic imine (C=N–C) groups is 1. The lowest BCUT2D eigenvalue weighted by Gasteiger charge is -2.40. The van der Waals surface area contributed by atoms with Gasteiger partial charge < -0.3 is 14.4 Å². The number of carbonyl (C=O) groups is 2. The molecule has 2 saturated heterocycles. The zero-order valence-corrected chi connectivity index (χ0v) is 23.1. The van der Waals surface area contributed by atoms with Crippen LogP contribution >= 0.6 is 0 Å². The summed E-state index contributed by atoms with van der Waals surface area (Å²) in [5.74, 6) is 1.88. The predicted octanol–water partition coefficient (Wildman–Crippen LogP) is 2.86. The minimum absolute atomic E-state index is 0.119. The summed E-state index contributed by atoms with van der Waals surface area (Å²) in [4.78, 5) is 35.4. The van der Waals surface area contributed by atoms with Crippen molar-refractivity contribution in [3.05, 3.63) is 11.6 Å². The number of carbonyl (C=O) groups excluding carboxylic acids is 2. The Balaban J connectivity index is 1.23. The maximum absolute atomic E-state index is 12.4. The lowest BCUT2D eigenvalue weighted by Crippen LogP contribution is -2.59. The third-order valence-corrected chi connectivity index (χ3v) is 7.80. The third kappa shape index (κ3) is 7.45. The normalized spacial score (nSPS) is 27.8. The summed E-state index contributed by atoms with van der Waals surface area (Å²) in [6, 6.07) is 0.308. The quantitative estimate of drug-likeness (QED) is 0.453. The molecule has 0 aromatic heterocycles. The number of rotatable bonds is 9. The largest absolute Gasteiger partial charge is 0.449 e. The van der Waals surface area contributed by atoms with Gasteiger partial charge in [0, 0.05) is 51.9 Å². The van der Waals surface area contributed by atoms with Crippen molar-refractivity contribution in [2.24, 2.45) is 22.7 Å². The van der Waals surface area contributed by atoms with Crippen LogP contribution in [0.15, 0.2) is 16.6 Å². The molecule has 4 atom stereocenters. The summed E-state index contributed by atoms with van der Waals surface area (Å²) in [6.45, 7) is 15.0. The van der Waals surface area contributed by atoms with Gasteiger partial charge in [-0.3, -0.25) is 20.4 Å². The first-order chi connectivity index (χ1) is 17.8. The van der Waals surface area contributed by atoms with Crippen LogP contribution < -0.4 is 10.6 Å². The van der Waals surface area contributed by atoms with E-state index in [0.717, 1.165) is 70.8 Å². The van der Waals surface area contributed by atoms with Gasteiger partial charge in [0.15, 0.2) is 6.29 Å². The molecular formula is C27H46N6O4. The fourth-order valence-electron chi connectivity index (χ4n) is 5.57. The Bertz CT molecular complexity index is 854. The lowest BCUT2D eigenvalue weighted by atomic mass is 9.85. The Morgan fingerprint density at radius 1 is 1.27 bits per heavy atom. The number of ether oxygens (including phenoxy) is 2. The number of fused-ring (bicyclic) bond motifs is 1. The average Bonchev–Trinajstić information content (AvgIpc) is 2.89. The molecule has 0 aromatic rings. The molecule has 4 aliphatic rings. The molecule has 10 heteroatoms. The first kappa shape index (κ1) is 27.9. The Labute approximate surface area is 221 Å². The molecule has 0 radical (unpaired) electrons. The minimum Gasteiger partial charge on any atom is -0.449 e. The van der Waals surface area contributed by atoms with Crippen molar-refractivity contribution in [2.75, 3.05) is 59.0 Å². The molecule has 1 aliphatic carbocycles. The number of nitrogens with one attached hydrogen (secondary N) is 2. The second-order valence-electron chi connectivity index (χ2n) is 11.3. The standard InChI is InChI=1S/C27H46N6O4/c1-5-14-36-26(34)32-12-10-31(11-13-32)17-21-6-8-22(9-7-21)20(4)29-25-28-15-23-18-37-27(35)33(16-19(2)3)24(23)30-25/h6,19-20,22-23,25,28-29H,5,7-18H2,1-4H3/t20-,22?,23?,25?/m0/s1. The topological polar surface area (TPSA) is 98.7 Å². The molecule has 0 spiro atoms. The van der Waals surface area contributed by atoms with Crippen LogP contribution in [0.25, 0.3) is 0 Å². The van der Waals surface area contributed by atoms with Crippen LogP contribution in [0, 0.1) is 17.8 Å². The number of allylic oxidation sites excluding steroid dienone is 1. The van der Waals surface area contributed by atoms with Crippen LogP contribution in [-0.4, -0.2) is 104 Å². The van der Waals surface area contributed by atoms with E-state index in [2.05, 4.69) is 42.4 Å². The highest BCUT2D eigenvalue weighted by Gasteiger charge is 2.38. The van der Waals surface area contributed by atoms with Crippen LogP contribution in [0.3, 0.4) is 0 Å². The van der Waals surface area contributed by atoms with Crippen LogP contribution in [0.5, 0.6) is 0 Å². The first-order valence-corrected chi connectivity index (χ1v) is 14.2. The zero-order chi connectivity index (χ0) is 26.4. The fourth-order valence-corrected chi connectivity index (χ4v) is 5.57. The predicted molar refractivity (Wildman–Crippen MR) is 143 cm³/mol. The van der Waals surface area contributed by atoms with Crippen molar-refractivity contribution in [1.82, 2.24) is 25.3 Å². The molecule has 3 aliphatic heterocycles. The first-order valence-electron chi connectivity index (χ1n) is 14.2. The third-order valence-electron chi connectivity index (χ3n) is 7.80. The molecule has 3 heterocycles. The molecule has 10 nitrogen and oxygen atoms in total. The Morgan fingerprint density at radius 2 is 2.05 bits per heavy atom. The molecule has 0 bridgehead atoms. The highest BCUT2D eigenvalue weighted by atomic mass is 16.6. The molecule has 2 fully saturated rings. The van der Waals surface area contributed by atoms with Gasteiger partial charge in [-0.2, -0.15) is 0 Å². The number of amides is 2. The smallest absolute Gasteiger partial charge is 0.415 e. The second kappa shape index (κ2) is 13.1. The minimum atomic E-state index is -0.278. The second-order valence-corrected chi connectivity index (χ2v) is 11.3.